The van der Waals surface area contributed by atoms with Crippen molar-refractivity contribution in [2.24, 2.45) is 5.10 Å². The van der Waals surface area contributed by atoms with Crippen molar-refractivity contribution in [2.45, 2.75) is 45.4 Å². The van der Waals surface area contributed by atoms with Gasteiger partial charge in [0.25, 0.3) is 5.91 Å². The zero-order valence-corrected chi connectivity index (χ0v) is 13.6. The number of aromatic amines is 1. The molecule has 5 heteroatoms. The number of fused-ring (bicyclic) bond motifs is 1. The highest BCUT2D eigenvalue weighted by Crippen LogP contribution is 2.21. The number of hydrogen-bond donors (Lipinski definition) is 2. The third kappa shape index (κ3) is 3.50. The van der Waals surface area contributed by atoms with Crippen LogP contribution in [-0.2, 0) is 12.8 Å². The number of hydrazone groups is 1. The van der Waals surface area contributed by atoms with E-state index in [1.54, 1.807) is 6.21 Å². The Morgan fingerprint density at radius 1 is 1.26 bits per heavy atom. The molecule has 0 spiro atoms. The van der Waals surface area contributed by atoms with Crippen molar-refractivity contribution in [3.63, 3.8) is 0 Å². The van der Waals surface area contributed by atoms with Gasteiger partial charge in [0.15, 0.2) is 5.69 Å². The average Bonchev–Trinajstić information content (AvgIpc) is 2.99. The van der Waals surface area contributed by atoms with E-state index in [0.717, 1.165) is 42.5 Å². The number of hydrogen-bond acceptors (Lipinski definition) is 3. The second-order valence-corrected chi connectivity index (χ2v) is 6.26. The smallest absolute Gasteiger partial charge is 0.281 e. The summed E-state index contributed by atoms with van der Waals surface area (Å²) >= 11 is 0. The second kappa shape index (κ2) is 6.77. The molecule has 0 fully saturated rings. The van der Waals surface area contributed by atoms with Crippen LogP contribution in [0.4, 0.5) is 0 Å². The zero-order valence-electron chi connectivity index (χ0n) is 13.6. The fraction of sp³-hybridized carbons (Fsp3) is 0.389. The highest BCUT2D eigenvalue weighted by atomic mass is 16.2. The Balaban J connectivity index is 1.63. The van der Waals surface area contributed by atoms with Gasteiger partial charge in [-0.05, 0) is 42.7 Å². The molecule has 5 nitrogen and oxygen atoms in total. The van der Waals surface area contributed by atoms with Gasteiger partial charge in [-0.15, -0.1) is 0 Å². The average molecular weight is 310 g/mol. The first-order valence-electron chi connectivity index (χ1n) is 8.14. The van der Waals surface area contributed by atoms with Crippen LogP contribution in [0.3, 0.4) is 0 Å². The summed E-state index contributed by atoms with van der Waals surface area (Å²) in [5, 5.41) is 11.2. The van der Waals surface area contributed by atoms with Crippen LogP contribution in [0.15, 0.2) is 29.4 Å². The number of carbonyl (C=O) groups is 1. The first kappa shape index (κ1) is 15.5. The largest absolute Gasteiger partial charge is 0.292 e. The van der Waals surface area contributed by atoms with Gasteiger partial charge in [0.1, 0.15) is 0 Å². The molecule has 1 aromatic carbocycles. The fourth-order valence-corrected chi connectivity index (χ4v) is 2.85. The van der Waals surface area contributed by atoms with Crippen LogP contribution < -0.4 is 5.43 Å². The number of aryl methyl sites for hydroxylation is 1. The molecular formula is C18H22N4O. The summed E-state index contributed by atoms with van der Waals surface area (Å²) in [4.78, 5) is 12.2. The monoisotopic (exact) mass is 310 g/mol. The predicted octanol–water partition coefficient (Wildman–Crippen LogP) is 3.18. The summed E-state index contributed by atoms with van der Waals surface area (Å²) in [5.74, 6) is 0.256. The number of carbonyl (C=O) groups excluding carboxylic acids is 1. The molecule has 2 aromatic rings. The summed E-state index contributed by atoms with van der Waals surface area (Å²) in [7, 11) is 0. The Bertz CT molecular complexity index is 713. The quantitative estimate of drug-likeness (QED) is 0.672. The Labute approximate surface area is 136 Å². The molecule has 0 radical (unpaired) electrons. The molecule has 23 heavy (non-hydrogen) atoms. The fourth-order valence-electron chi connectivity index (χ4n) is 2.85. The van der Waals surface area contributed by atoms with Crippen LogP contribution in [0.2, 0.25) is 0 Å². The van der Waals surface area contributed by atoms with Crippen molar-refractivity contribution in [3.8, 4) is 0 Å². The molecule has 0 unspecified atom stereocenters. The van der Waals surface area contributed by atoms with Gasteiger partial charge in [-0.3, -0.25) is 9.89 Å². The highest BCUT2D eigenvalue weighted by molar-refractivity contribution is 5.94. The van der Waals surface area contributed by atoms with Gasteiger partial charge in [0, 0.05) is 11.3 Å². The van der Waals surface area contributed by atoms with Crippen LogP contribution in [0.5, 0.6) is 0 Å². The molecule has 1 aliphatic rings. The molecule has 1 heterocycles. The Hall–Kier alpha value is -2.43. The Morgan fingerprint density at radius 3 is 2.74 bits per heavy atom. The van der Waals surface area contributed by atoms with E-state index >= 15 is 0 Å². The van der Waals surface area contributed by atoms with Crippen molar-refractivity contribution in [3.05, 3.63) is 52.3 Å². The van der Waals surface area contributed by atoms with Gasteiger partial charge in [-0.25, -0.2) is 5.43 Å². The van der Waals surface area contributed by atoms with Gasteiger partial charge in [-0.1, -0.05) is 38.1 Å². The minimum Gasteiger partial charge on any atom is -0.281 e. The predicted molar refractivity (Wildman–Crippen MR) is 90.8 cm³/mol. The normalized spacial score (nSPS) is 14.2. The van der Waals surface area contributed by atoms with Gasteiger partial charge < -0.3 is 0 Å². The molecular weight excluding hydrogens is 288 g/mol. The topological polar surface area (TPSA) is 70.1 Å². The molecule has 0 saturated carbocycles. The Morgan fingerprint density at radius 2 is 2.00 bits per heavy atom. The molecule has 120 valence electrons. The molecule has 0 saturated heterocycles. The van der Waals surface area contributed by atoms with Crippen molar-refractivity contribution >= 4 is 12.1 Å². The van der Waals surface area contributed by atoms with Crippen LogP contribution in [0.1, 0.15) is 65.5 Å². The van der Waals surface area contributed by atoms with E-state index < -0.39 is 0 Å². The molecule has 1 amide bonds. The summed E-state index contributed by atoms with van der Waals surface area (Å²) < 4.78 is 0. The molecule has 0 bridgehead atoms. The molecule has 3 rings (SSSR count). The van der Waals surface area contributed by atoms with Gasteiger partial charge >= 0.3 is 0 Å². The lowest BCUT2D eigenvalue weighted by Gasteiger charge is -2.10. The molecule has 1 aliphatic carbocycles. The van der Waals surface area contributed by atoms with E-state index in [9.17, 15) is 4.79 Å². The lowest BCUT2D eigenvalue weighted by Crippen LogP contribution is -2.20. The number of benzene rings is 1. The third-order valence-electron chi connectivity index (χ3n) is 4.25. The van der Waals surface area contributed by atoms with E-state index in [1.165, 1.54) is 5.56 Å². The number of nitrogens with zero attached hydrogens (tertiary/aromatic N) is 2. The molecule has 1 aromatic heterocycles. The third-order valence-corrected chi connectivity index (χ3v) is 4.25. The van der Waals surface area contributed by atoms with Crippen molar-refractivity contribution in [1.82, 2.24) is 15.6 Å². The summed E-state index contributed by atoms with van der Waals surface area (Å²) in [5.41, 5.74) is 7.43. The summed E-state index contributed by atoms with van der Waals surface area (Å²) in [6.45, 7) is 4.32. The van der Waals surface area contributed by atoms with Crippen LogP contribution in [0.25, 0.3) is 0 Å². The lowest BCUT2D eigenvalue weighted by molar-refractivity contribution is 0.0949. The number of aromatic nitrogens is 2. The van der Waals surface area contributed by atoms with E-state index in [1.807, 2.05) is 12.1 Å². The highest BCUT2D eigenvalue weighted by Gasteiger charge is 2.21. The van der Waals surface area contributed by atoms with E-state index in [2.05, 4.69) is 46.7 Å². The van der Waals surface area contributed by atoms with Crippen LogP contribution in [0, 0.1) is 0 Å². The van der Waals surface area contributed by atoms with E-state index in [4.69, 9.17) is 0 Å². The zero-order chi connectivity index (χ0) is 16.2. The maximum Gasteiger partial charge on any atom is 0.292 e. The van der Waals surface area contributed by atoms with Gasteiger partial charge in [0.05, 0.1) is 6.21 Å². The minimum atomic E-state index is -0.251. The second-order valence-electron chi connectivity index (χ2n) is 6.26. The number of amides is 1. The first-order valence-corrected chi connectivity index (χ1v) is 8.14. The molecule has 0 aliphatic heterocycles. The van der Waals surface area contributed by atoms with Crippen molar-refractivity contribution in [2.75, 3.05) is 0 Å². The summed E-state index contributed by atoms with van der Waals surface area (Å²) in [6.07, 6.45) is 5.80. The van der Waals surface area contributed by atoms with Crippen molar-refractivity contribution < 1.29 is 4.79 Å². The SMILES string of the molecule is CC(C)c1ccc(C=NNC(=O)c2n[nH]c3c2CCCC3)cc1. The van der Waals surface area contributed by atoms with Gasteiger partial charge in [0.2, 0.25) is 0 Å². The lowest BCUT2D eigenvalue weighted by atomic mass is 9.96. The maximum absolute atomic E-state index is 12.2. The summed E-state index contributed by atoms with van der Waals surface area (Å²) in [6, 6.07) is 8.17. The first-order chi connectivity index (χ1) is 11.1. The van der Waals surface area contributed by atoms with Crippen LogP contribution in [-0.4, -0.2) is 22.3 Å². The van der Waals surface area contributed by atoms with E-state index in [-0.39, 0.29) is 5.91 Å². The van der Waals surface area contributed by atoms with E-state index in [0.29, 0.717) is 11.6 Å². The number of rotatable bonds is 4. The minimum absolute atomic E-state index is 0.251. The standard InChI is InChI=1S/C18H22N4O/c1-12(2)14-9-7-13(8-10-14)11-19-22-18(23)17-15-5-3-4-6-16(15)20-21-17/h7-12H,3-6H2,1-2H3,(H,20,21)(H,22,23). The molecule has 0 atom stereocenters. The number of H-pyrrole nitrogens is 1. The van der Waals surface area contributed by atoms with Crippen molar-refractivity contribution in [1.29, 1.82) is 0 Å². The Kier molecular flexibility index (Phi) is 4.55. The maximum atomic E-state index is 12.2. The molecule has 2 N–H and O–H groups in total. The van der Waals surface area contributed by atoms with Gasteiger partial charge in [-0.2, -0.15) is 10.2 Å². The number of nitrogens with one attached hydrogen (secondary N) is 2. The van der Waals surface area contributed by atoms with Crippen LogP contribution >= 0.6 is 0 Å².